The smallest absolute Gasteiger partial charge is 0.266 e. The van der Waals surface area contributed by atoms with Crippen molar-refractivity contribution >= 4 is 75.1 Å². The molecule has 0 radical (unpaired) electrons. The van der Waals surface area contributed by atoms with E-state index in [1.54, 1.807) is 41.3 Å². The number of carbonyl (C=O) groups is 2. The molecule has 3 rings (SSSR count). The number of rotatable bonds is 6. The molecular formula is C21H18Cl2N2O3S2. The summed E-state index contributed by atoms with van der Waals surface area (Å²) < 4.78 is 6.08. The van der Waals surface area contributed by atoms with Crippen molar-refractivity contribution in [1.29, 1.82) is 0 Å². The Balaban J connectivity index is 1.57. The van der Waals surface area contributed by atoms with Gasteiger partial charge in [-0.1, -0.05) is 59.3 Å². The van der Waals surface area contributed by atoms with E-state index in [0.717, 1.165) is 5.56 Å². The lowest BCUT2D eigenvalue weighted by Crippen LogP contribution is -2.34. The topological polar surface area (TPSA) is 58.6 Å². The highest BCUT2D eigenvalue weighted by Crippen LogP contribution is 2.34. The fourth-order valence-corrected chi connectivity index (χ4v) is 4.48. The third-order valence-electron chi connectivity index (χ3n) is 4.09. The van der Waals surface area contributed by atoms with Crippen LogP contribution in [0, 0.1) is 0 Å². The summed E-state index contributed by atoms with van der Waals surface area (Å²) in [7, 11) is 0. The highest BCUT2D eigenvalue weighted by Gasteiger charge is 2.33. The Bertz CT molecular complexity index is 1020. The first-order valence-corrected chi connectivity index (χ1v) is 11.0. The number of ether oxygens (including phenoxy) is 1. The predicted octanol–water partition coefficient (Wildman–Crippen LogP) is 5.62. The number of amides is 2. The standard InChI is InChI=1S/C21H18Cl2N2O3S2/c1-12(2)25-20(27)18(30-21(25)29)9-13-3-6-15(7-4-13)28-11-19(26)24-14-5-8-16(22)17(23)10-14/h3-10,12H,11H2,1-2H3,(H,24,26)/b18-9-. The second-order valence-electron chi connectivity index (χ2n) is 6.68. The Labute approximate surface area is 194 Å². The van der Waals surface area contributed by atoms with Crippen LogP contribution in [0.3, 0.4) is 0 Å². The van der Waals surface area contributed by atoms with Crippen LogP contribution >= 0.6 is 47.2 Å². The molecule has 156 valence electrons. The zero-order valence-corrected chi connectivity index (χ0v) is 19.3. The van der Waals surface area contributed by atoms with Crippen LogP contribution in [-0.2, 0) is 9.59 Å². The third kappa shape index (κ3) is 5.55. The van der Waals surface area contributed by atoms with Crippen molar-refractivity contribution in [2.45, 2.75) is 19.9 Å². The summed E-state index contributed by atoms with van der Waals surface area (Å²) in [6.07, 6.45) is 1.79. The molecule has 2 aromatic rings. The molecule has 1 aliphatic rings. The molecule has 0 atom stereocenters. The van der Waals surface area contributed by atoms with Crippen molar-refractivity contribution in [3.63, 3.8) is 0 Å². The molecule has 0 aliphatic carbocycles. The van der Waals surface area contributed by atoms with Gasteiger partial charge in [0, 0.05) is 11.7 Å². The number of thioether (sulfide) groups is 1. The largest absolute Gasteiger partial charge is 0.484 e. The van der Waals surface area contributed by atoms with E-state index in [1.165, 1.54) is 11.8 Å². The molecule has 0 unspecified atom stereocenters. The van der Waals surface area contributed by atoms with E-state index >= 15 is 0 Å². The lowest BCUT2D eigenvalue weighted by molar-refractivity contribution is -0.123. The third-order valence-corrected chi connectivity index (χ3v) is 6.16. The van der Waals surface area contributed by atoms with Crippen LogP contribution in [0.4, 0.5) is 5.69 Å². The van der Waals surface area contributed by atoms with Crippen molar-refractivity contribution in [1.82, 2.24) is 4.90 Å². The fourth-order valence-electron chi connectivity index (χ4n) is 2.66. The van der Waals surface area contributed by atoms with Gasteiger partial charge in [-0.15, -0.1) is 0 Å². The maximum atomic E-state index is 12.5. The molecule has 30 heavy (non-hydrogen) atoms. The van der Waals surface area contributed by atoms with Crippen molar-refractivity contribution in [2.24, 2.45) is 0 Å². The number of benzene rings is 2. The van der Waals surface area contributed by atoms with Crippen LogP contribution in [0.15, 0.2) is 47.4 Å². The van der Waals surface area contributed by atoms with Crippen LogP contribution in [0.5, 0.6) is 5.75 Å². The first kappa shape index (κ1) is 22.6. The van der Waals surface area contributed by atoms with E-state index in [-0.39, 0.29) is 24.5 Å². The molecule has 2 aromatic carbocycles. The molecule has 1 saturated heterocycles. The van der Waals surface area contributed by atoms with Crippen LogP contribution < -0.4 is 10.1 Å². The minimum atomic E-state index is -0.324. The Kier molecular flexibility index (Phi) is 7.41. The number of anilines is 1. The van der Waals surface area contributed by atoms with E-state index in [1.807, 2.05) is 26.0 Å². The van der Waals surface area contributed by atoms with Gasteiger partial charge in [0.2, 0.25) is 0 Å². The molecule has 0 bridgehead atoms. The number of nitrogens with zero attached hydrogens (tertiary/aromatic N) is 1. The second-order valence-corrected chi connectivity index (χ2v) is 9.17. The monoisotopic (exact) mass is 480 g/mol. The summed E-state index contributed by atoms with van der Waals surface area (Å²) in [5.41, 5.74) is 1.37. The van der Waals surface area contributed by atoms with E-state index in [2.05, 4.69) is 5.32 Å². The average Bonchev–Trinajstić information content (AvgIpc) is 2.97. The first-order valence-electron chi connectivity index (χ1n) is 8.99. The SMILES string of the molecule is CC(C)N1C(=O)/C(=C/c2ccc(OCC(=O)Nc3ccc(Cl)c(Cl)c3)cc2)SC1=S. The van der Waals surface area contributed by atoms with Gasteiger partial charge in [-0.2, -0.15) is 0 Å². The second kappa shape index (κ2) is 9.83. The van der Waals surface area contributed by atoms with Gasteiger partial charge in [0.05, 0.1) is 15.0 Å². The summed E-state index contributed by atoms with van der Waals surface area (Å²) in [4.78, 5) is 26.7. The van der Waals surface area contributed by atoms with Gasteiger partial charge in [0.1, 0.15) is 10.1 Å². The molecule has 1 heterocycles. The fraction of sp³-hybridized carbons (Fsp3) is 0.190. The van der Waals surface area contributed by atoms with Crippen molar-refractivity contribution in [2.75, 3.05) is 11.9 Å². The summed E-state index contributed by atoms with van der Waals surface area (Å²) in [6, 6.07) is 12.0. The van der Waals surface area contributed by atoms with Crippen molar-refractivity contribution in [3.8, 4) is 5.75 Å². The maximum Gasteiger partial charge on any atom is 0.266 e. The van der Waals surface area contributed by atoms with Gasteiger partial charge in [-0.3, -0.25) is 14.5 Å². The summed E-state index contributed by atoms with van der Waals surface area (Å²) >= 11 is 18.4. The minimum absolute atomic E-state index is 0.0224. The molecule has 1 fully saturated rings. The zero-order chi connectivity index (χ0) is 21.8. The van der Waals surface area contributed by atoms with Crippen LogP contribution in [-0.4, -0.2) is 33.7 Å². The first-order chi connectivity index (χ1) is 14.2. The zero-order valence-electron chi connectivity index (χ0n) is 16.1. The maximum absolute atomic E-state index is 12.5. The minimum Gasteiger partial charge on any atom is -0.484 e. The van der Waals surface area contributed by atoms with Gasteiger partial charge in [-0.25, -0.2) is 0 Å². The Morgan fingerprint density at radius 3 is 2.50 bits per heavy atom. The average molecular weight is 481 g/mol. The number of halogens is 2. The number of carbonyl (C=O) groups excluding carboxylic acids is 2. The van der Waals surface area contributed by atoms with Gasteiger partial charge in [0.25, 0.3) is 11.8 Å². The van der Waals surface area contributed by atoms with E-state index in [9.17, 15) is 9.59 Å². The molecule has 1 N–H and O–H groups in total. The summed E-state index contributed by atoms with van der Waals surface area (Å²) in [6.45, 7) is 3.70. The van der Waals surface area contributed by atoms with Crippen molar-refractivity contribution < 1.29 is 14.3 Å². The molecule has 0 aromatic heterocycles. The van der Waals surface area contributed by atoms with Crippen molar-refractivity contribution in [3.05, 3.63) is 63.0 Å². The van der Waals surface area contributed by atoms with Gasteiger partial charge in [0.15, 0.2) is 6.61 Å². The molecule has 0 spiro atoms. The van der Waals surface area contributed by atoms with Crippen LogP contribution in [0.1, 0.15) is 19.4 Å². The number of nitrogens with one attached hydrogen (secondary N) is 1. The number of hydrogen-bond donors (Lipinski definition) is 1. The molecule has 1 aliphatic heterocycles. The molecule has 2 amide bonds. The quantitative estimate of drug-likeness (QED) is 0.429. The van der Waals surface area contributed by atoms with Gasteiger partial charge >= 0.3 is 0 Å². The Morgan fingerprint density at radius 1 is 1.20 bits per heavy atom. The Hall–Kier alpha value is -2.06. The van der Waals surface area contributed by atoms with Crippen LogP contribution in [0.2, 0.25) is 10.0 Å². The van der Waals surface area contributed by atoms with E-state index in [4.69, 9.17) is 40.2 Å². The lowest BCUT2D eigenvalue weighted by Gasteiger charge is -2.18. The van der Waals surface area contributed by atoms with Gasteiger partial charge in [-0.05, 0) is 55.8 Å². The summed E-state index contributed by atoms with van der Waals surface area (Å²) in [5, 5.41) is 3.46. The normalized spacial score (nSPS) is 15.2. The van der Waals surface area contributed by atoms with E-state index in [0.29, 0.717) is 30.7 Å². The number of thiocarbonyl (C=S) groups is 1. The Morgan fingerprint density at radius 2 is 1.90 bits per heavy atom. The summed E-state index contributed by atoms with van der Waals surface area (Å²) in [5.74, 6) is 0.125. The number of hydrogen-bond acceptors (Lipinski definition) is 5. The van der Waals surface area contributed by atoms with Crippen LogP contribution in [0.25, 0.3) is 6.08 Å². The highest BCUT2D eigenvalue weighted by atomic mass is 35.5. The highest BCUT2D eigenvalue weighted by molar-refractivity contribution is 8.26. The molecule has 9 heteroatoms. The lowest BCUT2D eigenvalue weighted by atomic mass is 10.2. The molecule has 5 nitrogen and oxygen atoms in total. The van der Waals surface area contributed by atoms with Gasteiger partial charge < -0.3 is 10.1 Å². The van der Waals surface area contributed by atoms with E-state index < -0.39 is 0 Å². The predicted molar refractivity (Wildman–Crippen MR) is 127 cm³/mol. The molecule has 0 saturated carbocycles. The molecular weight excluding hydrogens is 463 g/mol.